The highest BCUT2D eigenvalue weighted by molar-refractivity contribution is 7.98. The summed E-state index contributed by atoms with van der Waals surface area (Å²) in [4.78, 5) is 30.2. The van der Waals surface area contributed by atoms with Crippen LogP contribution < -0.4 is 0 Å². The molecule has 156 valence electrons. The number of carbonyl (C=O) groups is 2. The van der Waals surface area contributed by atoms with E-state index >= 15 is 0 Å². The molecule has 3 rings (SSSR count). The van der Waals surface area contributed by atoms with Crippen LogP contribution in [0, 0.1) is 34.6 Å². The highest BCUT2D eigenvalue weighted by Gasteiger charge is 2.18. The van der Waals surface area contributed by atoms with Crippen molar-refractivity contribution < 1.29 is 18.8 Å². The van der Waals surface area contributed by atoms with Gasteiger partial charge in [-0.1, -0.05) is 17.3 Å². The molecule has 2 aromatic carbocycles. The number of esters is 1. The van der Waals surface area contributed by atoms with Gasteiger partial charge >= 0.3 is 5.97 Å². The van der Waals surface area contributed by atoms with Gasteiger partial charge in [0.05, 0.1) is 11.3 Å². The van der Waals surface area contributed by atoms with Crippen molar-refractivity contribution in [3.63, 3.8) is 0 Å². The number of benzene rings is 2. The zero-order valence-electron chi connectivity index (χ0n) is 17.7. The number of rotatable bonds is 7. The lowest BCUT2D eigenvalue weighted by molar-refractivity contribution is 0.0471. The van der Waals surface area contributed by atoms with Crippen LogP contribution in [0.2, 0.25) is 0 Å². The number of ether oxygens (including phenoxy) is 1. The van der Waals surface area contributed by atoms with Crippen molar-refractivity contribution in [3.05, 3.63) is 75.4 Å². The maximum atomic E-state index is 12.7. The number of Topliss-reactive ketones (excluding diaryl/α,β-unsaturated/α-hetero) is 1. The van der Waals surface area contributed by atoms with Crippen LogP contribution in [-0.2, 0) is 10.5 Å². The molecule has 0 fully saturated rings. The number of aryl methyl sites for hydroxylation is 2. The van der Waals surface area contributed by atoms with Crippen molar-refractivity contribution in [1.29, 1.82) is 0 Å². The van der Waals surface area contributed by atoms with Crippen LogP contribution in [-0.4, -0.2) is 28.5 Å². The minimum atomic E-state index is -0.536. The third kappa shape index (κ3) is 4.79. The molecule has 3 aromatic rings. The van der Waals surface area contributed by atoms with Gasteiger partial charge in [0.2, 0.25) is 11.7 Å². The Kier molecular flexibility index (Phi) is 6.72. The van der Waals surface area contributed by atoms with Crippen molar-refractivity contribution in [2.24, 2.45) is 0 Å². The first kappa shape index (κ1) is 21.8. The van der Waals surface area contributed by atoms with Crippen molar-refractivity contribution in [3.8, 4) is 0 Å². The lowest BCUT2D eigenvalue weighted by Gasteiger charge is -2.14. The van der Waals surface area contributed by atoms with Crippen molar-refractivity contribution in [1.82, 2.24) is 10.1 Å². The molecule has 6 nitrogen and oxygen atoms in total. The van der Waals surface area contributed by atoms with Gasteiger partial charge in [0.1, 0.15) is 0 Å². The normalized spacial score (nSPS) is 10.8. The number of hydrogen-bond donors (Lipinski definition) is 0. The summed E-state index contributed by atoms with van der Waals surface area (Å²) in [5.74, 6) is 0.737. The molecule has 0 amide bonds. The van der Waals surface area contributed by atoms with Gasteiger partial charge in [-0.05, 0) is 75.1 Å². The summed E-state index contributed by atoms with van der Waals surface area (Å²) >= 11 is 1.40. The summed E-state index contributed by atoms with van der Waals surface area (Å²) in [7, 11) is 0. The number of thioether (sulfide) groups is 1. The summed E-state index contributed by atoms with van der Waals surface area (Å²) in [6, 6.07) is 8.97. The van der Waals surface area contributed by atoms with E-state index in [2.05, 4.69) is 10.1 Å². The number of nitrogens with zero attached hydrogens (tertiary/aromatic N) is 2. The second-order valence-electron chi connectivity index (χ2n) is 7.14. The van der Waals surface area contributed by atoms with Gasteiger partial charge in [-0.25, -0.2) is 4.79 Å². The Bertz CT molecular complexity index is 1100. The quantitative estimate of drug-likeness (QED) is 0.302. The summed E-state index contributed by atoms with van der Waals surface area (Å²) in [6.07, 6.45) is 0. The molecule has 0 aliphatic carbocycles. The van der Waals surface area contributed by atoms with E-state index in [1.54, 1.807) is 19.1 Å². The first-order valence-corrected chi connectivity index (χ1v) is 10.5. The van der Waals surface area contributed by atoms with Crippen LogP contribution in [0.4, 0.5) is 0 Å². The van der Waals surface area contributed by atoms with Gasteiger partial charge in [-0.3, -0.25) is 4.79 Å². The molecule has 0 radical (unpaired) electrons. The molecule has 0 saturated heterocycles. The molecule has 30 heavy (non-hydrogen) atoms. The average Bonchev–Trinajstić information content (AvgIpc) is 3.16. The largest absolute Gasteiger partial charge is 0.454 e. The Balaban J connectivity index is 1.69. The third-order valence-corrected chi connectivity index (χ3v) is 6.20. The van der Waals surface area contributed by atoms with Crippen LogP contribution in [0.3, 0.4) is 0 Å². The Morgan fingerprint density at radius 1 is 1.00 bits per heavy atom. The predicted molar refractivity (Wildman–Crippen MR) is 115 cm³/mol. The predicted octanol–water partition coefficient (Wildman–Crippen LogP) is 4.94. The molecule has 0 saturated carbocycles. The van der Waals surface area contributed by atoms with Gasteiger partial charge in [-0.15, -0.1) is 11.8 Å². The highest BCUT2D eigenvalue weighted by atomic mass is 32.2. The molecule has 0 atom stereocenters. The van der Waals surface area contributed by atoms with E-state index in [4.69, 9.17) is 9.26 Å². The second kappa shape index (κ2) is 9.26. The second-order valence-corrected chi connectivity index (χ2v) is 8.15. The van der Waals surface area contributed by atoms with E-state index in [9.17, 15) is 9.59 Å². The van der Waals surface area contributed by atoms with Gasteiger partial charge in [0, 0.05) is 10.5 Å². The Morgan fingerprint density at radius 3 is 2.43 bits per heavy atom. The standard InChI is InChI=1S/C23H24N2O4S/c1-13-10-19(16(4)15(3)14(13)2)20(26)11-28-23(27)18-8-6-7-9-21(18)30-12-22-24-17(5)25-29-22/h6-10H,11-12H2,1-5H3. The lowest BCUT2D eigenvalue weighted by atomic mass is 9.93. The fourth-order valence-corrected chi connectivity index (χ4v) is 3.97. The topological polar surface area (TPSA) is 82.3 Å². The lowest BCUT2D eigenvalue weighted by Crippen LogP contribution is -2.16. The van der Waals surface area contributed by atoms with Crippen LogP contribution in [0.1, 0.15) is 54.7 Å². The Hall–Kier alpha value is -2.93. The zero-order valence-corrected chi connectivity index (χ0v) is 18.6. The number of ketones is 1. The molecule has 0 bridgehead atoms. The van der Waals surface area contributed by atoms with Crippen LogP contribution in [0.25, 0.3) is 0 Å². The molecule has 7 heteroatoms. The fraction of sp³-hybridized carbons (Fsp3) is 0.304. The molecule has 1 aromatic heterocycles. The minimum Gasteiger partial charge on any atom is -0.454 e. The van der Waals surface area contributed by atoms with E-state index < -0.39 is 5.97 Å². The first-order valence-electron chi connectivity index (χ1n) is 9.56. The third-order valence-electron chi connectivity index (χ3n) is 5.14. The fourth-order valence-electron chi connectivity index (χ4n) is 3.09. The number of carbonyl (C=O) groups excluding carboxylic acids is 2. The molecule has 0 spiro atoms. The van der Waals surface area contributed by atoms with E-state index in [0.29, 0.717) is 28.6 Å². The molecule has 0 N–H and O–H groups in total. The number of aromatic nitrogens is 2. The molecule has 1 heterocycles. The average molecular weight is 425 g/mol. The monoisotopic (exact) mass is 424 g/mol. The molecule has 0 aliphatic rings. The van der Waals surface area contributed by atoms with Crippen LogP contribution in [0.15, 0.2) is 39.8 Å². The van der Waals surface area contributed by atoms with Crippen molar-refractivity contribution in [2.75, 3.05) is 6.61 Å². The minimum absolute atomic E-state index is 0.210. The molecular formula is C23H24N2O4S. The smallest absolute Gasteiger partial charge is 0.339 e. The van der Waals surface area contributed by atoms with Gasteiger partial charge < -0.3 is 9.26 Å². The van der Waals surface area contributed by atoms with E-state index in [-0.39, 0.29) is 12.4 Å². The number of hydrogen-bond acceptors (Lipinski definition) is 7. The van der Waals surface area contributed by atoms with Gasteiger partial charge in [0.25, 0.3) is 0 Å². The van der Waals surface area contributed by atoms with Crippen molar-refractivity contribution >= 4 is 23.5 Å². The van der Waals surface area contributed by atoms with E-state index in [1.165, 1.54) is 17.3 Å². The Labute approximate surface area is 180 Å². The summed E-state index contributed by atoms with van der Waals surface area (Å²) in [5, 5.41) is 3.76. The van der Waals surface area contributed by atoms with E-state index in [0.717, 1.165) is 21.6 Å². The van der Waals surface area contributed by atoms with E-state index in [1.807, 2.05) is 45.9 Å². The summed E-state index contributed by atoms with van der Waals surface area (Å²) in [6.45, 7) is 9.38. The highest BCUT2D eigenvalue weighted by Crippen LogP contribution is 2.27. The molecular weight excluding hydrogens is 400 g/mol. The van der Waals surface area contributed by atoms with Gasteiger partial charge in [-0.2, -0.15) is 4.98 Å². The Morgan fingerprint density at radius 2 is 1.73 bits per heavy atom. The zero-order chi connectivity index (χ0) is 21.8. The summed E-state index contributed by atoms with van der Waals surface area (Å²) in [5.41, 5.74) is 5.22. The van der Waals surface area contributed by atoms with Gasteiger partial charge in [0.15, 0.2) is 12.4 Å². The first-order chi connectivity index (χ1) is 14.3. The maximum Gasteiger partial charge on any atom is 0.339 e. The van der Waals surface area contributed by atoms with Crippen LogP contribution in [0.5, 0.6) is 0 Å². The van der Waals surface area contributed by atoms with Crippen molar-refractivity contribution in [2.45, 2.75) is 45.3 Å². The maximum absolute atomic E-state index is 12.7. The summed E-state index contributed by atoms with van der Waals surface area (Å²) < 4.78 is 10.5. The SMILES string of the molecule is Cc1noc(CSc2ccccc2C(=O)OCC(=O)c2cc(C)c(C)c(C)c2C)n1. The van der Waals surface area contributed by atoms with Crippen LogP contribution >= 0.6 is 11.8 Å². The molecule has 0 aliphatic heterocycles. The molecule has 0 unspecified atom stereocenters.